The average Bonchev–Trinajstić information content (AvgIpc) is 3.32. The highest BCUT2D eigenvalue weighted by molar-refractivity contribution is 7.09. The Hall–Kier alpha value is -1.40. The predicted molar refractivity (Wildman–Crippen MR) is 95.7 cm³/mol. The molecule has 0 saturated carbocycles. The average molecular weight is 350 g/mol. The molecule has 1 unspecified atom stereocenters. The van der Waals surface area contributed by atoms with Crippen LogP contribution in [0.5, 0.6) is 0 Å². The number of nitrogens with one attached hydrogen (secondary N) is 1. The number of nitrogens with zero attached hydrogens (tertiary/aromatic N) is 2. The van der Waals surface area contributed by atoms with E-state index in [1.165, 1.54) is 4.88 Å². The van der Waals surface area contributed by atoms with Crippen LogP contribution in [0.2, 0.25) is 0 Å². The summed E-state index contributed by atoms with van der Waals surface area (Å²) >= 11 is 1.66. The van der Waals surface area contributed by atoms with Crippen molar-refractivity contribution in [2.75, 3.05) is 26.2 Å². The maximum absolute atomic E-state index is 12.5. The van der Waals surface area contributed by atoms with Gasteiger partial charge in [0.15, 0.2) is 0 Å². The van der Waals surface area contributed by atoms with Gasteiger partial charge in [-0.25, -0.2) is 0 Å². The first kappa shape index (κ1) is 17.4. The van der Waals surface area contributed by atoms with Crippen LogP contribution in [0.25, 0.3) is 0 Å². The summed E-state index contributed by atoms with van der Waals surface area (Å²) in [5.41, 5.74) is 0. The molecule has 24 heavy (non-hydrogen) atoms. The van der Waals surface area contributed by atoms with Gasteiger partial charge in [-0.15, -0.1) is 11.3 Å². The summed E-state index contributed by atoms with van der Waals surface area (Å²) in [5, 5.41) is 5.04. The number of carbonyl (C=O) groups excluding carboxylic acids is 2. The summed E-state index contributed by atoms with van der Waals surface area (Å²) in [6, 6.07) is 3.90. The van der Waals surface area contributed by atoms with Crippen molar-refractivity contribution >= 4 is 23.2 Å². The Balaban J connectivity index is 1.43. The number of carbonyl (C=O) groups is 2. The van der Waals surface area contributed by atoms with Crippen molar-refractivity contribution in [3.8, 4) is 0 Å². The van der Waals surface area contributed by atoms with E-state index in [4.69, 9.17) is 0 Å². The lowest BCUT2D eigenvalue weighted by Crippen LogP contribution is -2.49. The van der Waals surface area contributed by atoms with Gasteiger partial charge in [0.2, 0.25) is 11.8 Å². The molecule has 2 saturated heterocycles. The summed E-state index contributed by atoms with van der Waals surface area (Å²) in [6.07, 6.45) is 4.04. The maximum Gasteiger partial charge on any atom is 0.237 e. The molecule has 2 fully saturated rings. The Bertz CT molecular complexity index is 547. The second-order valence-corrected chi connectivity index (χ2v) is 7.85. The highest BCUT2D eigenvalue weighted by Gasteiger charge is 2.32. The van der Waals surface area contributed by atoms with Crippen LogP contribution in [0, 0.1) is 5.92 Å². The topological polar surface area (TPSA) is 52.7 Å². The molecule has 0 radical (unpaired) electrons. The quantitative estimate of drug-likeness (QED) is 0.886. The number of rotatable bonds is 5. The molecule has 2 aliphatic rings. The number of piperidine rings is 1. The van der Waals surface area contributed by atoms with Gasteiger partial charge in [0, 0.05) is 23.9 Å². The highest BCUT2D eigenvalue weighted by Crippen LogP contribution is 2.23. The standard InChI is InChI=1S/C18H27N3O2S/c1-14(17(22)19-13-16-5-4-12-24-16)20-10-6-15(7-11-20)18(23)21-8-2-3-9-21/h4-5,12,14-15H,2-3,6-11,13H2,1H3,(H,19,22). The van der Waals surface area contributed by atoms with Crippen LogP contribution < -0.4 is 5.32 Å². The largest absolute Gasteiger partial charge is 0.350 e. The maximum atomic E-state index is 12.5. The number of hydrogen-bond acceptors (Lipinski definition) is 4. The van der Waals surface area contributed by atoms with Crippen LogP contribution in [-0.4, -0.2) is 53.8 Å². The zero-order chi connectivity index (χ0) is 16.9. The van der Waals surface area contributed by atoms with Crippen LogP contribution in [0.1, 0.15) is 37.5 Å². The van der Waals surface area contributed by atoms with Crippen molar-refractivity contribution in [1.29, 1.82) is 0 Å². The molecule has 5 nitrogen and oxygen atoms in total. The molecule has 0 aliphatic carbocycles. The molecule has 1 aromatic rings. The molecule has 132 valence electrons. The minimum Gasteiger partial charge on any atom is -0.350 e. The highest BCUT2D eigenvalue weighted by atomic mass is 32.1. The summed E-state index contributed by atoms with van der Waals surface area (Å²) < 4.78 is 0. The summed E-state index contributed by atoms with van der Waals surface area (Å²) in [5.74, 6) is 0.565. The van der Waals surface area contributed by atoms with Gasteiger partial charge in [-0.05, 0) is 57.1 Å². The first-order chi connectivity index (χ1) is 11.6. The lowest BCUT2D eigenvalue weighted by atomic mass is 9.94. The SMILES string of the molecule is CC(C(=O)NCc1cccs1)N1CCC(C(=O)N2CCCC2)CC1. The summed E-state index contributed by atoms with van der Waals surface area (Å²) in [4.78, 5) is 30.2. The molecular formula is C18H27N3O2S. The van der Waals surface area contributed by atoms with E-state index in [-0.39, 0.29) is 17.9 Å². The molecule has 2 aliphatic heterocycles. The van der Waals surface area contributed by atoms with Crippen molar-refractivity contribution in [3.05, 3.63) is 22.4 Å². The number of likely N-dealkylation sites (tertiary alicyclic amines) is 2. The zero-order valence-corrected chi connectivity index (χ0v) is 15.2. The van der Waals surface area contributed by atoms with Crippen LogP contribution in [0.15, 0.2) is 17.5 Å². The fourth-order valence-corrected chi connectivity index (χ4v) is 4.27. The van der Waals surface area contributed by atoms with Crippen molar-refractivity contribution < 1.29 is 9.59 Å². The number of amides is 2. The molecule has 0 spiro atoms. The Kier molecular flexibility index (Phi) is 5.89. The van der Waals surface area contributed by atoms with Gasteiger partial charge in [0.1, 0.15) is 0 Å². The number of hydrogen-bond donors (Lipinski definition) is 1. The molecule has 1 N–H and O–H groups in total. The van der Waals surface area contributed by atoms with E-state index in [0.717, 1.165) is 51.9 Å². The van der Waals surface area contributed by atoms with Crippen LogP contribution in [0.4, 0.5) is 0 Å². The molecule has 2 amide bonds. The monoisotopic (exact) mass is 349 g/mol. The fourth-order valence-electron chi connectivity index (χ4n) is 3.63. The smallest absolute Gasteiger partial charge is 0.237 e. The van der Waals surface area contributed by atoms with Gasteiger partial charge < -0.3 is 10.2 Å². The van der Waals surface area contributed by atoms with Crippen molar-refractivity contribution in [2.45, 2.75) is 45.2 Å². The van der Waals surface area contributed by atoms with Gasteiger partial charge in [0.25, 0.3) is 0 Å². The number of thiophene rings is 1. The van der Waals surface area contributed by atoms with Crippen molar-refractivity contribution in [3.63, 3.8) is 0 Å². The Morgan fingerprint density at radius 3 is 2.58 bits per heavy atom. The minimum absolute atomic E-state index is 0.0766. The lowest BCUT2D eigenvalue weighted by molar-refractivity contribution is -0.136. The second-order valence-electron chi connectivity index (χ2n) is 6.82. The molecule has 6 heteroatoms. The minimum atomic E-state index is -0.132. The van der Waals surface area contributed by atoms with E-state index < -0.39 is 0 Å². The van der Waals surface area contributed by atoms with Crippen LogP contribution in [0.3, 0.4) is 0 Å². The van der Waals surface area contributed by atoms with Crippen LogP contribution in [-0.2, 0) is 16.1 Å². The fraction of sp³-hybridized carbons (Fsp3) is 0.667. The van der Waals surface area contributed by atoms with E-state index in [2.05, 4.69) is 10.2 Å². The third kappa shape index (κ3) is 4.16. The van der Waals surface area contributed by atoms with Crippen LogP contribution >= 0.6 is 11.3 Å². The van der Waals surface area contributed by atoms with Gasteiger partial charge in [-0.1, -0.05) is 6.07 Å². The molecule has 3 heterocycles. The second kappa shape index (κ2) is 8.12. The third-order valence-electron chi connectivity index (χ3n) is 5.24. The normalized spacial score (nSPS) is 21.0. The van der Waals surface area contributed by atoms with Gasteiger partial charge in [-0.2, -0.15) is 0 Å². The van der Waals surface area contributed by atoms with E-state index in [9.17, 15) is 9.59 Å². The van der Waals surface area contributed by atoms with E-state index in [0.29, 0.717) is 12.5 Å². The van der Waals surface area contributed by atoms with Gasteiger partial charge in [0.05, 0.1) is 12.6 Å². The molecule has 0 aromatic carbocycles. The van der Waals surface area contributed by atoms with E-state index in [1.807, 2.05) is 29.3 Å². The Morgan fingerprint density at radius 2 is 1.96 bits per heavy atom. The first-order valence-corrected chi connectivity index (χ1v) is 9.86. The predicted octanol–water partition coefficient (Wildman–Crippen LogP) is 2.09. The summed E-state index contributed by atoms with van der Waals surface area (Å²) in [7, 11) is 0. The molecule has 0 bridgehead atoms. The van der Waals surface area contributed by atoms with E-state index >= 15 is 0 Å². The Morgan fingerprint density at radius 1 is 1.25 bits per heavy atom. The summed E-state index contributed by atoms with van der Waals surface area (Å²) in [6.45, 7) is 6.09. The van der Waals surface area contributed by atoms with E-state index in [1.54, 1.807) is 11.3 Å². The molecule has 3 rings (SSSR count). The van der Waals surface area contributed by atoms with Gasteiger partial charge >= 0.3 is 0 Å². The van der Waals surface area contributed by atoms with Crippen molar-refractivity contribution in [1.82, 2.24) is 15.1 Å². The third-order valence-corrected chi connectivity index (χ3v) is 6.12. The van der Waals surface area contributed by atoms with Gasteiger partial charge in [-0.3, -0.25) is 14.5 Å². The Labute approximate surface area is 148 Å². The van der Waals surface area contributed by atoms with Crippen molar-refractivity contribution in [2.24, 2.45) is 5.92 Å². The molecule has 1 atom stereocenters. The lowest BCUT2D eigenvalue weighted by Gasteiger charge is -2.36. The first-order valence-electron chi connectivity index (χ1n) is 8.98. The zero-order valence-electron chi connectivity index (χ0n) is 14.4. The molecule has 1 aromatic heterocycles. The molecular weight excluding hydrogens is 322 g/mol.